The molecule has 0 radical (unpaired) electrons. The van der Waals surface area contributed by atoms with Crippen LogP contribution in [0.1, 0.15) is 0 Å². The van der Waals surface area contributed by atoms with Gasteiger partial charge in [0.05, 0.1) is 0 Å². The van der Waals surface area contributed by atoms with Crippen LogP contribution in [0.2, 0.25) is 0 Å². The van der Waals surface area contributed by atoms with Gasteiger partial charge in [-0.3, -0.25) is 4.79 Å². The summed E-state index contributed by atoms with van der Waals surface area (Å²) >= 11 is 0. The Morgan fingerprint density at radius 3 is 2.38 bits per heavy atom. The Morgan fingerprint density at radius 2 is 1.94 bits per heavy atom. The van der Waals surface area contributed by atoms with Crippen LogP contribution >= 0.6 is 0 Å². The van der Waals surface area contributed by atoms with Gasteiger partial charge in [-0.25, -0.2) is 4.79 Å². The highest BCUT2D eigenvalue weighted by Crippen LogP contribution is 2.13. The van der Waals surface area contributed by atoms with Gasteiger partial charge in [0.25, 0.3) is 0 Å². The molecule has 2 N–H and O–H groups in total. The second-order valence-corrected chi connectivity index (χ2v) is 2.45. The van der Waals surface area contributed by atoms with Crippen molar-refractivity contribution < 1.29 is 27.9 Å². The van der Waals surface area contributed by atoms with Gasteiger partial charge in [-0.1, -0.05) is 6.08 Å². The van der Waals surface area contributed by atoms with E-state index in [1.54, 1.807) is 30.6 Å². The van der Waals surface area contributed by atoms with Gasteiger partial charge < -0.3 is 10.4 Å². The van der Waals surface area contributed by atoms with Crippen molar-refractivity contribution >= 4 is 12.3 Å². The smallest absolute Gasteiger partial charge is 0.475 e. The maximum atomic E-state index is 10.6. The number of carbonyl (C=O) groups excluding carboxylic acids is 1. The quantitative estimate of drug-likeness (QED) is 0.674. The second-order valence-electron chi connectivity index (χ2n) is 2.45. The summed E-state index contributed by atoms with van der Waals surface area (Å²) in [5, 5.41) is 9.96. The van der Waals surface area contributed by atoms with Gasteiger partial charge in [-0.15, -0.1) is 0 Å². The average molecular weight is 235 g/mol. The van der Waals surface area contributed by atoms with Crippen LogP contribution in [0, 0.1) is 0 Å². The molecule has 0 aliphatic carbocycles. The van der Waals surface area contributed by atoms with Crippen molar-refractivity contribution in [2.24, 2.45) is 0 Å². The third-order valence-corrected chi connectivity index (χ3v) is 1.23. The average Bonchev–Trinajstić information content (AvgIpc) is 2.44. The maximum absolute atomic E-state index is 10.6. The fraction of sp³-hybridized carbons (Fsp3) is 0.111. The lowest BCUT2D eigenvalue weighted by atomic mass is 10.3. The monoisotopic (exact) mass is 235 g/mol. The number of allylic oxidation sites excluding steroid dienone is 4. The molecule has 7 heteroatoms. The molecule has 1 aliphatic rings. The number of carbonyl (C=O) groups is 2. The first-order chi connectivity index (χ1) is 7.38. The van der Waals surface area contributed by atoms with E-state index in [9.17, 15) is 18.0 Å². The molecular weight excluding hydrogens is 227 g/mol. The maximum Gasteiger partial charge on any atom is 0.490 e. The van der Waals surface area contributed by atoms with Crippen LogP contribution in [0.4, 0.5) is 13.2 Å². The fourth-order valence-corrected chi connectivity index (χ4v) is 0.549. The molecule has 4 nitrogen and oxygen atoms in total. The number of carboxylic acid groups (broad SMARTS) is 1. The first-order valence-electron chi connectivity index (χ1n) is 3.92. The summed E-state index contributed by atoms with van der Waals surface area (Å²) < 4.78 is 31.7. The van der Waals surface area contributed by atoms with Crippen LogP contribution in [-0.4, -0.2) is 23.5 Å². The summed E-state index contributed by atoms with van der Waals surface area (Å²) in [4.78, 5) is 19.0. The summed E-state index contributed by atoms with van der Waals surface area (Å²) in [5.41, 5.74) is 0.677. The molecule has 0 aromatic rings. The van der Waals surface area contributed by atoms with Gasteiger partial charge in [0.1, 0.15) is 6.29 Å². The first-order valence-corrected chi connectivity index (χ1v) is 3.92. The number of carboxylic acids is 1. The van der Waals surface area contributed by atoms with Crippen LogP contribution in [-0.2, 0) is 9.59 Å². The molecular formula is C9H8F3NO3. The minimum Gasteiger partial charge on any atom is -0.475 e. The highest BCUT2D eigenvalue weighted by Gasteiger charge is 2.38. The number of rotatable bonds is 1. The summed E-state index contributed by atoms with van der Waals surface area (Å²) in [5.74, 6) is -2.76. The number of halogens is 3. The minimum absolute atomic E-state index is 0.677. The molecule has 1 rings (SSSR count). The lowest BCUT2D eigenvalue weighted by molar-refractivity contribution is -0.192. The van der Waals surface area contributed by atoms with E-state index in [1.807, 2.05) is 0 Å². The minimum atomic E-state index is -5.08. The Kier molecular flexibility index (Phi) is 5.61. The zero-order valence-electron chi connectivity index (χ0n) is 7.86. The Balaban J connectivity index is 0.000000293. The standard InChI is InChI=1S/C7H7NO.C2HF3O2/c9-6-7-2-1-4-8-5-3-7;3-2(4,5)1(6)7/h1-6,8H;(H,6,7). The Labute approximate surface area is 88.8 Å². The third kappa shape index (κ3) is 6.41. The molecule has 16 heavy (non-hydrogen) atoms. The number of aliphatic carboxylic acids is 1. The normalized spacial score (nSPS) is 13.8. The van der Waals surface area contributed by atoms with E-state index in [4.69, 9.17) is 9.90 Å². The first kappa shape index (κ1) is 13.9. The van der Waals surface area contributed by atoms with E-state index in [2.05, 4.69) is 5.32 Å². The molecule has 1 aliphatic heterocycles. The molecule has 0 saturated heterocycles. The summed E-state index contributed by atoms with van der Waals surface area (Å²) in [6.45, 7) is 0. The van der Waals surface area contributed by atoms with Crippen LogP contribution in [0.25, 0.3) is 0 Å². The molecule has 0 aromatic heterocycles. The molecule has 0 saturated carbocycles. The molecule has 0 amide bonds. The van der Waals surface area contributed by atoms with Crippen molar-refractivity contribution in [2.45, 2.75) is 6.18 Å². The summed E-state index contributed by atoms with van der Waals surface area (Å²) in [6, 6.07) is 0. The lowest BCUT2D eigenvalue weighted by Crippen LogP contribution is -2.21. The molecule has 1 heterocycles. The Morgan fingerprint density at radius 1 is 1.38 bits per heavy atom. The number of hydrogen-bond acceptors (Lipinski definition) is 3. The molecule has 0 bridgehead atoms. The van der Waals surface area contributed by atoms with Gasteiger partial charge in [-0.2, -0.15) is 13.2 Å². The van der Waals surface area contributed by atoms with Gasteiger partial charge in [0.15, 0.2) is 0 Å². The Hall–Kier alpha value is -2.05. The predicted octanol–water partition coefficient (Wildman–Crippen LogP) is 1.38. The topological polar surface area (TPSA) is 66.4 Å². The predicted molar refractivity (Wildman–Crippen MR) is 49.3 cm³/mol. The van der Waals surface area contributed by atoms with Crippen LogP contribution in [0.15, 0.2) is 36.2 Å². The zero-order valence-corrected chi connectivity index (χ0v) is 7.86. The number of aldehydes is 1. The van der Waals surface area contributed by atoms with E-state index in [0.717, 1.165) is 6.29 Å². The summed E-state index contributed by atoms with van der Waals surface area (Å²) in [6.07, 6.45) is 4.44. The molecule has 0 unspecified atom stereocenters. The van der Waals surface area contributed by atoms with Crippen molar-refractivity contribution in [3.8, 4) is 0 Å². The molecule has 0 aromatic carbocycles. The number of nitrogens with one attached hydrogen (secondary N) is 1. The van der Waals surface area contributed by atoms with Gasteiger partial charge in [0, 0.05) is 18.0 Å². The van der Waals surface area contributed by atoms with Crippen molar-refractivity contribution in [3.63, 3.8) is 0 Å². The van der Waals surface area contributed by atoms with Crippen molar-refractivity contribution in [1.82, 2.24) is 5.32 Å². The summed E-state index contributed by atoms with van der Waals surface area (Å²) in [7, 11) is 0. The van der Waals surface area contributed by atoms with Crippen molar-refractivity contribution in [2.75, 3.05) is 0 Å². The van der Waals surface area contributed by atoms with Crippen LogP contribution in [0.5, 0.6) is 0 Å². The molecule has 0 atom stereocenters. The highest BCUT2D eigenvalue weighted by atomic mass is 19.4. The van der Waals surface area contributed by atoms with Gasteiger partial charge in [-0.05, 0) is 12.2 Å². The van der Waals surface area contributed by atoms with E-state index < -0.39 is 12.1 Å². The zero-order chi connectivity index (χ0) is 12.6. The number of alkyl halides is 3. The molecule has 0 spiro atoms. The third-order valence-electron chi connectivity index (χ3n) is 1.23. The van der Waals surface area contributed by atoms with E-state index in [0.29, 0.717) is 5.57 Å². The largest absolute Gasteiger partial charge is 0.490 e. The van der Waals surface area contributed by atoms with Gasteiger partial charge in [0.2, 0.25) is 0 Å². The van der Waals surface area contributed by atoms with Gasteiger partial charge >= 0.3 is 12.1 Å². The van der Waals surface area contributed by atoms with Crippen LogP contribution in [0.3, 0.4) is 0 Å². The Bertz CT molecular complexity index is 342. The molecule has 88 valence electrons. The van der Waals surface area contributed by atoms with Crippen LogP contribution < -0.4 is 5.32 Å². The van der Waals surface area contributed by atoms with E-state index in [1.165, 1.54) is 0 Å². The highest BCUT2D eigenvalue weighted by molar-refractivity contribution is 5.78. The lowest BCUT2D eigenvalue weighted by Gasteiger charge is -1.93. The number of hydrogen-bond donors (Lipinski definition) is 2. The fourth-order valence-electron chi connectivity index (χ4n) is 0.549. The van der Waals surface area contributed by atoms with Crippen molar-refractivity contribution in [1.29, 1.82) is 0 Å². The van der Waals surface area contributed by atoms with E-state index in [-0.39, 0.29) is 0 Å². The second kappa shape index (κ2) is 6.44. The van der Waals surface area contributed by atoms with Crippen molar-refractivity contribution in [3.05, 3.63) is 36.2 Å². The molecule has 0 fully saturated rings. The van der Waals surface area contributed by atoms with E-state index >= 15 is 0 Å². The SMILES string of the molecule is O=C(O)C(F)(F)F.O=CC1=CC=CNC=C1.